The second-order valence-electron chi connectivity index (χ2n) is 6.89. The van der Waals surface area contributed by atoms with Gasteiger partial charge in [-0.3, -0.25) is 14.4 Å². The number of carbonyl (C=O) groups excluding carboxylic acids is 3. The van der Waals surface area contributed by atoms with Crippen molar-refractivity contribution in [3.05, 3.63) is 46.5 Å². The molecule has 2 rings (SSSR count). The first-order valence-corrected chi connectivity index (χ1v) is 9.10. The van der Waals surface area contributed by atoms with Crippen molar-refractivity contribution in [3.8, 4) is 0 Å². The first-order chi connectivity index (χ1) is 12.4. The van der Waals surface area contributed by atoms with Gasteiger partial charge in [-0.15, -0.1) is 0 Å². The average molecular weight is 357 g/mol. The number of ether oxygens (including phenoxy) is 1. The van der Waals surface area contributed by atoms with Gasteiger partial charge in [0.1, 0.15) is 6.61 Å². The third-order valence-corrected chi connectivity index (χ3v) is 4.59. The fourth-order valence-electron chi connectivity index (χ4n) is 3.01. The number of nitrogens with zero attached hydrogens (tertiary/aromatic N) is 1. The highest BCUT2D eigenvalue weighted by Gasteiger charge is 2.28. The number of hydrogen-bond donors (Lipinski definition) is 0. The summed E-state index contributed by atoms with van der Waals surface area (Å²) in [6.45, 7) is 2.86. The molecule has 1 aromatic carbocycles. The van der Waals surface area contributed by atoms with Gasteiger partial charge in [-0.25, -0.2) is 0 Å². The van der Waals surface area contributed by atoms with Gasteiger partial charge >= 0.3 is 5.97 Å². The second-order valence-corrected chi connectivity index (χ2v) is 6.89. The van der Waals surface area contributed by atoms with Crippen LogP contribution in [0.2, 0.25) is 0 Å². The number of esters is 1. The smallest absolute Gasteiger partial charge is 0.305 e. The lowest BCUT2D eigenvalue weighted by Gasteiger charge is -2.18. The quantitative estimate of drug-likeness (QED) is 0.500. The van der Waals surface area contributed by atoms with Crippen LogP contribution in [0, 0.1) is 0 Å². The molecule has 0 saturated heterocycles. The van der Waals surface area contributed by atoms with E-state index in [2.05, 4.69) is 0 Å². The summed E-state index contributed by atoms with van der Waals surface area (Å²) >= 11 is 0. The molecule has 0 aliphatic heterocycles. The van der Waals surface area contributed by atoms with E-state index in [0.29, 0.717) is 41.7 Å². The number of hydrogen-bond acceptors (Lipinski definition) is 5. The summed E-state index contributed by atoms with van der Waals surface area (Å²) < 4.78 is 5.15. The van der Waals surface area contributed by atoms with Crippen LogP contribution < -0.4 is 0 Å². The maximum Gasteiger partial charge on any atom is 0.305 e. The third-order valence-electron chi connectivity index (χ3n) is 4.59. The Hall–Kier alpha value is -2.27. The number of allylic oxidation sites excluding steroid dienone is 2. The summed E-state index contributed by atoms with van der Waals surface area (Å²) in [7, 11) is 3.86. The number of Topliss-reactive ketones (excluding diaryl/α,β-unsaturated/α-hetero) is 2. The molecule has 0 radical (unpaired) electrons. The monoisotopic (exact) mass is 357 g/mol. The minimum Gasteiger partial charge on any atom is -0.464 e. The minimum atomic E-state index is -0.180. The molecular formula is C21H27NO4. The topological polar surface area (TPSA) is 63.7 Å². The lowest BCUT2D eigenvalue weighted by Crippen LogP contribution is -2.21. The summed E-state index contributed by atoms with van der Waals surface area (Å²) in [5, 5.41) is 0. The Morgan fingerprint density at radius 2 is 1.65 bits per heavy atom. The molecule has 1 aliphatic rings. The van der Waals surface area contributed by atoms with E-state index in [4.69, 9.17) is 4.74 Å². The van der Waals surface area contributed by atoms with Gasteiger partial charge in [0.25, 0.3) is 0 Å². The molecule has 5 heteroatoms. The molecule has 0 atom stereocenters. The number of rotatable bonds is 9. The molecule has 26 heavy (non-hydrogen) atoms. The maximum absolute atomic E-state index is 12.6. The van der Waals surface area contributed by atoms with Crippen LogP contribution in [0.15, 0.2) is 35.4 Å². The first-order valence-electron chi connectivity index (χ1n) is 9.10. The minimum absolute atomic E-state index is 0.0409. The maximum atomic E-state index is 12.6. The molecule has 0 saturated carbocycles. The van der Waals surface area contributed by atoms with E-state index in [1.807, 2.05) is 19.0 Å². The fraction of sp³-hybridized carbons (Fsp3) is 0.476. The lowest BCUT2D eigenvalue weighted by atomic mass is 9.83. The summed E-state index contributed by atoms with van der Waals surface area (Å²) in [4.78, 5) is 38.6. The summed E-state index contributed by atoms with van der Waals surface area (Å²) in [5.41, 5.74) is 2.17. The van der Waals surface area contributed by atoms with Gasteiger partial charge in [-0.2, -0.15) is 0 Å². The van der Waals surface area contributed by atoms with Gasteiger partial charge in [0, 0.05) is 35.2 Å². The number of ketones is 2. The van der Waals surface area contributed by atoms with Crippen molar-refractivity contribution >= 4 is 17.5 Å². The van der Waals surface area contributed by atoms with Crippen LogP contribution in [0.5, 0.6) is 0 Å². The van der Waals surface area contributed by atoms with Crippen molar-refractivity contribution in [2.45, 2.75) is 39.0 Å². The standard InChI is InChI=1S/C21H27NO4/c1-15-16(21(25)18-11-8-7-10-17(18)20(15)24)9-5-4-6-12-19(23)26-14-13-22(2)3/h7-8,10-11H,4-6,9,12-14H2,1-3H3. The van der Waals surface area contributed by atoms with Crippen LogP contribution in [-0.4, -0.2) is 49.7 Å². The summed E-state index contributed by atoms with van der Waals surface area (Å²) in [6, 6.07) is 6.98. The molecule has 0 amide bonds. The van der Waals surface area contributed by atoms with Gasteiger partial charge < -0.3 is 9.64 Å². The summed E-state index contributed by atoms with van der Waals surface area (Å²) in [6.07, 6.45) is 3.29. The van der Waals surface area contributed by atoms with E-state index in [1.54, 1.807) is 31.2 Å². The Bertz CT molecular complexity index is 718. The molecule has 0 spiro atoms. The molecule has 0 bridgehead atoms. The van der Waals surface area contributed by atoms with E-state index in [-0.39, 0.29) is 17.5 Å². The normalized spacial score (nSPS) is 14.0. The Morgan fingerprint density at radius 3 is 2.31 bits per heavy atom. The van der Waals surface area contributed by atoms with Crippen LogP contribution in [0.4, 0.5) is 0 Å². The van der Waals surface area contributed by atoms with Crippen LogP contribution in [0.3, 0.4) is 0 Å². The third kappa shape index (κ3) is 5.11. The molecule has 0 unspecified atom stereocenters. The van der Waals surface area contributed by atoms with Gasteiger partial charge in [-0.1, -0.05) is 30.7 Å². The average Bonchev–Trinajstić information content (AvgIpc) is 2.61. The largest absolute Gasteiger partial charge is 0.464 e. The zero-order valence-electron chi connectivity index (χ0n) is 15.8. The lowest BCUT2D eigenvalue weighted by molar-refractivity contribution is -0.144. The zero-order chi connectivity index (χ0) is 19.1. The van der Waals surface area contributed by atoms with Crippen molar-refractivity contribution in [1.82, 2.24) is 4.90 Å². The van der Waals surface area contributed by atoms with Crippen molar-refractivity contribution in [2.24, 2.45) is 0 Å². The van der Waals surface area contributed by atoms with Crippen molar-refractivity contribution < 1.29 is 19.1 Å². The van der Waals surface area contributed by atoms with Crippen LogP contribution in [-0.2, 0) is 9.53 Å². The first kappa shape index (κ1) is 20.0. The molecule has 0 heterocycles. The number of benzene rings is 1. The fourth-order valence-corrected chi connectivity index (χ4v) is 3.01. The number of unbranched alkanes of at least 4 members (excludes halogenated alkanes) is 2. The van der Waals surface area contributed by atoms with Crippen molar-refractivity contribution in [2.75, 3.05) is 27.2 Å². The number of fused-ring (bicyclic) bond motifs is 1. The van der Waals surface area contributed by atoms with E-state index < -0.39 is 0 Å². The SMILES string of the molecule is CC1=C(CCCCCC(=O)OCCN(C)C)C(=O)c2ccccc2C1=O. The molecular weight excluding hydrogens is 330 g/mol. The Morgan fingerprint density at radius 1 is 1.00 bits per heavy atom. The molecule has 5 nitrogen and oxygen atoms in total. The molecule has 0 N–H and O–H groups in total. The van der Waals surface area contributed by atoms with Gasteiger partial charge in [0.15, 0.2) is 11.6 Å². The zero-order valence-corrected chi connectivity index (χ0v) is 15.8. The predicted octanol–water partition coefficient (Wildman–Crippen LogP) is 3.44. The Kier molecular flexibility index (Phi) is 7.27. The van der Waals surface area contributed by atoms with Gasteiger partial charge in [-0.05, 0) is 40.3 Å². The van der Waals surface area contributed by atoms with Crippen LogP contribution in [0.1, 0.15) is 59.7 Å². The Labute approximate surface area is 155 Å². The van der Waals surface area contributed by atoms with Crippen LogP contribution >= 0.6 is 0 Å². The molecule has 1 aromatic rings. The highest BCUT2D eigenvalue weighted by molar-refractivity contribution is 6.26. The van der Waals surface area contributed by atoms with Crippen LogP contribution in [0.25, 0.3) is 0 Å². The van der Waals surface area contributed by atoms with Crippen molar-refractivity contribution in [3.63, 3.8) is 0 Å². The van der Waals surface area contributed by atoms with E-state index in [1.165, 1.54) is 0 Å². The highest BCUT2D eigenvalue weighted by atomic mass is 16.5. The molecule has 140 valence electrons. The van der Waals surface area contributed by atoms with E-state index in [9.17, 15) is 14.4 Å². The van der Waals surface area contributed by atoms with E-state index >= 15 is 0 Å². The highest BCUT2D eigenvalue weighted by Crippen LogP contribution is 2.29. The molecule has 1 aliphatic carbocycles. The molecule has 0 fully saturated rings. The predicted molar refractivity (Wildman–Crippen MR) is 100 cm³/mol. The summed E-state index contributed by atoms with van der Waals surface area (Å²) in [5.74, 6) is -0.277. The second kappa shape index (κ2) is 9.43. The number of carbonyl (C=O) groups is 3. The van der Waals surface area contributed by atoms with E-state index in [0.717, 1.165) is 25.8 Å². The van der Waals surface area contributed by atoms with Crippen molar-refractivity contribution in [1.29, 1.82) is 0 Å². The van der Waals surface area contributed by atoms with Gasteiger partial charge in [0.2, 0.25) is 0 Å². The van der Waals surface area contributed by atoms with Gasteiger partial charge in [0.05, 0.1) is 0 Å². The Balaban J connectivity index is 1.78. The molecule has 0 aromatic heterocycles. The number of likely N-dealkylation sites (N-methyl/N-ethyl adjacent to an activating group) is 1.